The standard InChI is InChI=1S/C10H14N2O3S/c1-6-7(4-5-8(13)15-3)9(14)12(2)10(16)11-6/h4-5H2,1-3H3,(H,11,16). The van der Waals surface area contributed by atoms with Gasteiger partial charge in [0, 0.05) is 24.7 Å². The SMILES string of the molecule is COC(=O)CCc1c(C)[nH]c(=S)n(C)c1=O. The summed E-state index contributed by atoms with van der Waals surface area (Å²) >= 11 is 4.96. The average Bonchev–Trinajstić information content (AvgIpc) is 2.25. The molecule has 0 aliphatic rings. The molecule has 0 aliphatic carbocycles. The first-order valence-electron chi connectivity index (χ1n) is 4.83. The van der Waals surface area contributed by atoms with Crippen molar-refractivity contribution in [3.63, 3.8) is 0 Å². The molecule has 1 N–H and O–H groups in total. The van der Waals surface area contributed by atoms with Crippen LogP contribution >= 0.6 is 12.2 Å². The molecule has 0 amide bonds. The van der Waals surface area contributed by atoms with Crippen LogP contribution in [-0.4, -0.2) is 22.6 Å². The van der Waals surface area contributed by atoms with Gasteiger partial charge in [-0.2, -0.15) is 0 Å². The van der Waals surface area contributed by atoms with Crippen LogP contribution in [0.1, 0.15) is 17.7 Å². The van der Waals surface area contributed by atoms with Crippen molar-refractivity contribution in [1.82, 2.24) is 9.55 Å². The fourth-order valence-corrected chi connectivity index (χ4v) is 1.63. The number of carbonyl (C=O) groups is 1. The van der Waals surface area contributed by atoms with Gasteiger partial charge in [-0.1, -0.05) is 0 Å². The number of esters is 1. The molecule has 5 nitrogen and oxygen atoms in total. The van der Waals surface area contributed by atoms with Crippen molar-refractivity contribution in [2.75, 3.05) is 7.11 Å². The first-order valence-corrected chi connectivity index (χ1v) is 5.23. The summed E-state index contributed by atoms with van der Waals surface area (Å²) in [6.45, 7) is 1.77. The van der Waals surface area contributed by atoms with E-state index in [-0.39, 0.29) is 17.9 Å². The smallest absolute Gasteiger partial charge is 0.305 e. The quantitative estimate of drug-likeness (QED) is 0.630. The van der Waals surface area contributed by atoms with Crippen LogP contribution < -0.4 is 5.56 Å². The van der Waals surface area contributed by atoms with E-state index in [0.717, 1.165) is 0 Å². The van der Waals surface area contributed by atoms with Crippen LogP contribution in [-0.2, 0) is 23.0 Å². The zero-order valence-electron chi connectivity index (χ0n) is 9.49. The fraction of sp³-hybridized carbons (Fsp3) is 0.500. The highest BCUT2D eigenvalue weighted by Gasteiger charge is 2.10. The van der Waals surface area contributed by atoms with Crippen LogP contribution in [0.2, 0.25) is 0 Å². The van der Waals surface area contributed by atoms with Crippen LogP contribution in [0.5, 0.6) is 0 Å². The lowest BCUT2D eigenvalue weighted by Crippen LogP contribution is -2.25. The monoisotopic (exact) mass is 242 g/mol. The second-order valence-corrected chi connectivity index (χ2v) is 3.86. The maximum atomic E-state index is 11.8. The number of carbonyl (C=O) groups excluding carboxylic acids is 1. The third-order valence-corrected chi connectivity index (χ3v) is 2.80. The van der Waals surface area contributed by atoms with Crippen LogP contribution in [0.15, 0.2) is 4.79 Å². The van der Waals surface area contributed by atoms with E-state index >= 15 is 0 Å². The van der Waals surface area contributed by atoms with Crippen LogP contribution in [0.4, 0.5) is 0 Å². The van der Waals surface area contributed by atoms with Gasteiger partial charge in [0.15, 0.2) is 4.77 Å². The van der Waals surface area contributed by atoms with Gasteiger partial charge < -0.3 is 9.72 Å². The molecule has 0 spiro atoms. The summed E-state index contributed by atoms with van der Waals surface area (Å²) in [5, 5.41) is 0. The molecule has 0 aromatic carbocycles. The van der Waals surface area contributed by atoms with Gasteiger partial charge in [0.25, 0.3) is 5.56 Å². The number of nitrogens with zero attached hydrogens (tertiary/aromatic N) is 1. The molecule has 1 aromatic heterocycles. The lowest BCUT2D eigenvalue weighted by molar-refractivity contribution is -0.140. The molecular formula is C10H14N2O3S. The van der Waals surface area contributed by atoms with Crippen molar-refractivity contribution in [3.05, 3.63) is 26.4 Å². The summed E-state index contributed by atoms with van der Waals surface area (Å²) in [5.41, 5.74) is 1.11. The lowest BCUT2D eigenvalue weighted by atomic mass is 10.1. The molecule has 0 fully saturated rings. The van der Waals surface area contributed by atoms with E-state index in [0.29, 0.717) is 22.4 Å². The number of hydrogen-bond donors (Lipinski definition) is 1. The number of H-pyrrole nitrogens is 1. The molecule has 1 rings (SSSR count). The van der Waals surface area contributed by atoms with E-state index in [1.54, 1.807) is 14.0 Å². The number of ether oxygens (including phenoxy) is 1. The Balaban J connectivity index is 3.06. The highest BCUT2D eigenvalue weighted by molar-refractivity contribution is 7.71. The molecular weight excluding hydrogens is 228 g/mol. The first kappa shape index (κ1) is 12.6. The number of nitrogens with one attached hydrogen (secondary N) is 1. The molecule has 88 valence electrons. The van der Waals surface area contributed by atoms with Gasteiger partial charge in [0.2, 0.25) is 0 Å². The normalized spacial score (nSPS) is 10.2. The van der Waals surface area contributed by atoms with Gasteiger partial charge in [-0.3, -0.25) is 14.2 Å². The molecule has 0 unspecified atom stereocenters. The van der Waals surface area contributed by atoms with Gasteiger partial charge >= 0.3 is 5.97 Å². The van der Waals surface area contributed by atoms with Gasteiger partial charge in [-0.05, 0) is 25.6 Å². The molecule has 6 heteroatoms. The lowest BCUT2D eigenvalue weighted by Gasteiger charge is -2.07. The third kappa shape index (κ3) is 2.57. The fourth-order valence-electron chi connectivity index (χ4n) is 1.40. The maximum Gasteiger partial charge on any atom is 0.305 e. The number of aromatic nitrogens is 2. The van der Waals surface area contributed by atoms with E-state index in [1.165, 1.54) is 11.7 Å². The molecule has 0 saturated carbocycles. The van der Waals surface area contributed by atoms with E-state index in [4.69, 9.17) is 12.2 Å². The van der Waals surface area contributed by atoms with E-state index < -0.39 is 0 Å². The van der Waals surface area contributed by atoms with Gasteiger partial charge in [-0.25, -0.2) is 0 Å². The van der Waals surface area contributed by atoms with Crippen molar-refractivity contribution >= 4 is 18.2 Å². The Morgan fingerprint density at radius 1 is 1.56 bits per heavy atom. The number of aryl methyl sites for hydroxylation is 1. The highest BCUT2D eigenvalue weighted by atomic mass is 32.1. The van der Waals surface area contributed by atoms with E-state index in [1.807, 2.05) is 0 Å². The van der Waals surface area contributed by atoms with Crippen molar-refractivity contribution in [2.24, 2.45) is 7.05 Å². The largest absolute Gasteiger partial charge is 0.469 e. The number of rotatable bonds is 3. The minimum absolute atomic E-state index is 0.162. The van der Waals surface area contributed by atoms with Crippen LogP contribution in [0.25, 0.3) is 0 Å². The molecule has 1 heterocycles. The summed E-state index contributed by atoms with van der Waals surface area (Å²) in [6.07, 6.45) is 0.550. The Bertz CT molecular complexity index is 516. The summed E-state index contributed by atoms with van der Waals surface area (Å²) in [7, 11) is 2.92. The molecule has 0 saturated heterocycles. The van der Waals surface area contributed by atoms with Crippen molar-refractivity contribution < 1.29 is 9.53 Å². The minimum Gasteiger partial charge on any atom is -0.469 e. The number of methoxy groups -OCH3 is 1. The Morgan fingerprint density at radius 2 is 2.19 bits per heavy atom. The molecule has 0 radical (unpaired) electrons. The van der Waals surface area contributed by atoms with Crippen molar-refractivity contribution in [1.29, 1.82) is 0 Å². The second-order valence-electron chi connectivity index (χ2n) is 3.47. The minimum atomic E-state index is -0.330. The first-order chi connectivity index (χ1) is 7.47. The molecule has 0 atom stereocenters. The molecule has 0 aliphatic heterocycles. The summed E-state index contributed by atoms with van der Waals surface area (Å²) in [6, 6.07) is 0. The van der Waals surface area contributed by atoms with Gasteiger partial charge in [-0.15, -0.1) is 0 Å². The number of aromatic amines is 1. The summed E-state index contributed by atoms with van der Waals surface area (Å²) in [4.78, 5) is 25.7. The Hall–Kier alpha value is -1.43. The van der Waals surface area contributed by atoms with Gasteiger partial charge in [0.05, 0.1) is 7.11 Å². The third-order valence-electron chi connectivity index (χ3n) is 2.42. The van der Waals surface area contributed by atoms with Crippen molar-refractivity contribution in [3.8, 4) is 0 Å². The predicted octanol–water partition coefficient (Wildman–Crippen LogP) is 0.857. The molecule has 0 bridgehead atoms. The molecule has 16 heavy (non-hydrogen) atoms. The number of hydrogen-bond acceptors (Lipinski definition) is 4. The van der Waals surface area contributed by atoms with E-state index in [2.05, 4.69) is 9.72 Å². The van der Waals surface area contributed by atoms with Crippen LogP contribution in [0.3, 0.4) is 0 Å². The summed E-state index contributed by atoms with van der Waals surface area (Å²) in [5.74, 6) is -0.330. The second kappa shape index (κ2) is 5.07. The zero-order valence-corrected chi connectivity index (χ0v) is 10.3. The Kier molecular flexibility index (Phi) is 4.00. The van der Waals surface area contributed by atoms with Gasteiger partial charge in [0.1, 0.15) is 0 Å². The predicted molar refractivity (Wildman–Crippen MR) is 61.9 cm³/mol. The topological polar surface area (TPSA) is 64.1 Å². The van der Waals surface area contributed by atoms with Crippen LogP contribution in [0, 0.1) is 11.7 Å². The van der Waals surface area contributed by atoms with Crippen molar-refractivity contribution in [2.45, 2.75) is 19.8 Å². The molecule has 1 aromatic rings. The Morgan fingerprint density at radius 3 is 2.75 bits per heavy atom. The Labute approximate surface area is 98.1 Å². The maximum absolute atomic E-state index is 11.8. The zero-order chi connectivity index (χ0) is 12.3. The summed E-state index contributed by atoms with van der Waals surface area (Å²) < 4.78 is 6.26. The average molecular weight is 242 g/mol. The van der Waals surface area contributed by atoms with E-state index in [9.17, 15) is 9.59 Å². The highest BCUT2D eigenvalue weighted by Crippen LogP contribution is 2.03.